The molecule has 0 saturated carbocycles. The van der Waals surface area contributed by atoms with Gasteiger partial charge in [0.05, 0.1) is 5.52 Å². The van der Waals surface area contributed by atoms with Crippen LogP contribution in [-0.2, 0) is 17.6 Å². The Hall–Kier alpha value is -3.48. The van der Waals surface area contributed by atoms with E-state index in [2.05, 4.69) is 38.5 Å². The first-order valence-corrected chi connectivity index (χ1v) is 9.95. The Bertz CT molecular complexity index is 1240. The van der Waals surface area contributed by atoms with Crippen LogP contribution in [0.4, 0.5) is 5.69 Å². The summed E-state index contributed by atoms with van der Waals surface area (Å²) >= 11 is 0. The molecule has 29 heavy (non-hydrogen) atoms. The number of aromatic amines is 1. The molecule has 0 bridgehead atoms. The number of rotatable bonds is 3. The minimum atomic E-state index is -0.0848. The number of para-hydroxylation sites is 1. The zero-order chi connectivity index (χ0) is 19.4. The predicted octanol–water partition coefficient (Wildman–Crippen LogP) is 3.62. The molecule has 0 radical (unpaired) electrons. The maximum absolute atomic E-state index is 12.7. The molecule has 3 heterocycles. The molecule has 0 spiro atoms. The maximum atomic E-state index is 12.7. The number of H-pyrrole nitrogens is 1. The van der Waals surface area contributed by atoms with Gasteiger partial charge in [-0.15, -0.1) is 0 Å². The van der Waals surface area contributed by atoms with E-state index in [1.807, 2.05) is 29.2 Å². The number of benzene rings is 2. The van der Waals surface area contributed by atoms with E-state index in [1.165, 1.54) is 17.5 Å². The van der Waals surface area contributed by atoms with Crippen molar-refractivity contribution in [2.45, 2.75) is 31.6 Å². The fourth-order valence-corrected chi connectivity index (χ4v) is 4.48. The Kier molecular flexibility index (Phi) is 3.56. The fraction of sp³-hybridized carbons (Fsp3) is 0.273. The summed E-state index contributed by atoms with van der Waals surface area (Å²) in [6.07, 6.45) is 3.82. The normalized spacial score (nSPS) is 18.7. The van der Waals surface area contributed by atoms with Crippen molar-refractivity contribution in [1.82, 2.24) is 20.3 Å². The van der Waals surface area contributed by atoms with E-state index < -0.39 is 0 Å². The van der Waals surface area contributed by atoms with Gasteiger partial charge in [0.2, 0.25) is 5.91 Å². The van der Waals surface area contributed by atoms with Gasteiger partial charge in [0.25, 0.3) is 5.89 Å². The first-order chi connectivity index (χ1) is 14.3. The lowest BCUT2D eigenvalue weighted by atomic mass is 10.1. The number of nitrogens with zero attached hydrogens (tertiary/aromatic N) is 4. The first kappa shape index (κ1) is 16.5. The van der Waals surface area contributed by atoms with E-state index in [1.54, 1.807) is 0 Å². The molecule has 6 rings (SSSR count). The van der Waals surface area contributed by atoms with E-state index in [4.69, 9.17) is 4.52 Å². The van der Waals surface area contributed by atoms with Gasteiger partial charge < -0.3 is 9.42 Å². The Labute approximate surface area is 166 Å². The van der Waals surface area contributed by atoms with Crippen molar-refractivity contribution in [3.8, 4) is 11.6 Å². The second kappa shape index (κ2) is 6.27. The third kappa shape index (κ3) is 2.65. The van der Waals surface area contributed by atoms with Gasteiger partial charge in [0.1, 0.15) is 0 Å². The molecule has 1 aliphatic carbocycles. The molecule has 2 aromatic carbocycles. The second-order valence-corrected chi connectivity index (χ2v) is 7.79. The molecule has 1 unspecified atom stereocenters. The van der Waals surface area contributed by atoms with Crippen LogP contribution in [0.1, 0.15) is 35.7 Å². The van der Waals surface area contributed by atoms with Crippen molar-refractivity contribution in [2.75, 3.05) is 11.4 Å². The molecule has 1 N–H and O–H groups in total. The second-order valence-electron chi connectivity index (χ2n) is 7.79. The number of hydrogen-bond donors (Lipinski definition) is 1. The summed E-state index contributed by atoms with van der Waals surface area (Å²) in [5, 5.41) is 12.4. The molecule has 1 atom stereocenters. The average molecular weight is 385 g/mol. The molecule has 1 fully saturated rings. The molecule has 1 amide bonds. The van der Waals surface area contributed by atoms with Crippen molar-refractivity contribution in [2.24, 2.45) is 0 Å². The highest BCUT2D eigenvalue weighted by molar-refractivity contribution is 5.96. The quantitative estimate of drug-likeness (QED) is 0.582. The van der Waals surface area contributed by atoms with E-state index in [9.17, 15) is 4.79 Å². The summed E-state index contributed by atoms with van der Waals surface area (Å²) in [5.74, 6) is 0.952. The Balaban J connectivity index is 1.27. The van der Waals surface area contributed by atoms with Crippen LogP contribution in [0.3, 0.4) is 0 Å². The summed E-state index contributed by atoms with van der Waals surface area (Å²) in [4.78, 5) is 19.1. The third-order valence-electron chi connectivity index (χ3n) is 6.00. The molecule has 1 aliphatic heterocycles. The van der Waals surface area contributed by atoms with E-state index in [0.29, 0.717) is 30.4 Å². The molecule has 4 aromatic rings. The summed E-state index contributed by atoms with van der Waals surface area (Å²) in [6.45, 7) is 0.567. The Morgan fingerprint density at radius 2 is 2.00 bits per heavy atom. The van der Waals surface area contributed by atoms with Crippen LogP contribution in [0.5, 0.6) is 0 Å². The molecule has 144 valence electrons. The van der Waals surface area contributed by atoms with Gasteiger partial charge in [-0.25, -0.2) is 0 Å². The van der Waals surface area contributed by atoms with Crippen LogP contribution in [0.25, 0.3) is 22.5 Å². The monoisotopic (exact) mass is 385 g/mol. The van der Waals surface area contributed by atoms with E-state index >= 15 is 0 Å². The molecule has 7 heteroatoms. The molecule has 7 nitrogen and oxygen atoms in total. The van der Waals surface area contributed by atoms with Gasteiger partial charge >= 0.3 is 0 Å². The molecule has 2 aromatic heterocycles. The van der Waals surface area contributed by atoms with Crippen molar-refractivity contribution < 1.29 is 9.32 Å². The average Bonchev–Trinajstić information content (AvgIpc) is 3.51. The summed E-state index contributed by atoms with van der Waals surface area (Å²) in [5.41, 5.74) is 5.30. The molecular weight excluding hydrogens is 366 g/mol. The van der Waals surface area contributed by atoms with Crippen LogP contribution >= 0.6 is 0 Å². The fourth-order valence-electron chi connectivity index (χ4n) is 4.48. The first-order valence-electron chi connectivity index (χ1n) is 9.95. The number of fused-ring (bicyclic) bond motifs is 2. The minimum absolute atomic E-state index is 0.0848. The van der Waals surface area contributed by atoms with Crippen LogP contribution in [0, 0.1) is 0 Å². The minimum Gasteiger partial charge on any atom is -0.332 e. The van der Waals surface area contributed by atoms with Gasteiger partial charge in [-0.3, -0.25) is 9.89 Å². The smallest absolute Gasteiger partial charge is 0.279 e. The Morgan fingerprint density at radius 3 is 2.97 bits per heavy atom. The lowest BCUT2D eigenvalue weighted by Gasteiger charge is -2.17. The predicted molar refractivity (Wildman–Crippen MR) is 108 cm³/mol. The van der Waals surface area contributed by atoms with Crippen LogP contribution in [0.15, 0.2) is 47.0 Å². The third-order valence-corrected chi connectivity index (χ3v) is 6.00. The number of carbonyl (C=O) groups is 1. The van der Waals surface area contributed by atoms with Gasteiger partial charge in [0.15, 0.2) is 11.5 Å². The summed E-state index contributed by atoms with van der Waals surface area (Å²) in [6, 6.07) is 14.2. The standard InChI is InChI=1S/C22H19N5O2/c28-19-11-15(12-27(19)16-9-8-13-4-3-5-14(13)10-16)21-23-22(29-26-21)20-17-6-1-2-7-18(17)24-25-20/h1-2,6-10,15H,3-5,11-12H2,(H,24,25). The SMILES string of the molecule is O=C1CC(c2noc(-c3n[nH]c4ccccc34)n2)CN1c1ccc2c(c1)CCC2. The van der Waals surface area contributed by atoms with Crippen LogP contribution in [-0.4, -0.2) is 32.8 Å². The number of anilines is 1. The largest absolute Gasteiger partial charge is 0.332 e. The van der Waals surface area contributed by atoms with Crippen LogP contribution < -0.4 is 4.90 Å². The number of aryl methyl sites for hydroxylation is 2. The van der Waals surface area contributed by atoms with Gasteiger partial charge in [-0.05, 0) is 48.6 Å². The zero-order valence-electron chi connectivity index (χ0n) is 15.8. The highest BCUT2D eigenvalue weighted by Gasteiger charge is 2.35. The van der Waals surface area contributed by atoms with E-state index in [-0.39, 0.29) is 11.8 Å². The highest BCUT2D eigenvalue weighted by atomic mass is 16.5. The molecule has 1 saturated heterocycles. The molecule has 2 aliphatic rings. The van der Waals surface area contributed by atoms with Crippen molar-refractivity contribution >= 4 is 22.5 Å². The Morgan fingerprint density at radius 1 is 1.10 bits per heavy atom. The van der Waals surface area contributed by atoms with Crippen molar-refractivity contribution in [3.63, 3.8) is 0 Å². The number of amides is 1. The van der Waals surface area contributed by atoms with Crippen molar-refractivity contribution in [1.29, 1.82) is 0 Å². The summed E-state index contributed by atoms with van der Waals surface area (Å²) < 4.78 is 5.49. The van der Waals surface area contributed by atoms with Crippen LogP contribution in [0.2, 0.25) is 0 Å². The zero-order valence-corrected chi connectivity index (χ0v) is 15.8. The number of nitrogens with one attached hydrogen (secondary N) is 1. The molecular formula is C22H19N5O2. The number of carbonyl (C=O) groups excluding carboxylic acids is 1. The number of hydrogen-bond acceptors (Lipinski definition) is 5. The van der Waals surface area contributed by atoms with Crippen molar-refractivity contribution in [3.05, 3.63) is 59.4 Å². The topological polar surface area (TPSA) is 87.9 Å². The number of aromatic nitrogens is 4. The lowest BCUT2D eigenvalue weighted by molar-refractivity contribution is -0.117. The maximum Gasteiger partial charge on any atom is 0.279 e. The lowest BCUT2D eigenvalue weighted by Crippen LogP contribution is -2.24. The highest BCUT2D eigenvalue weighted by Crippen LogP contribution is 2.34. The van der Waals surface area contributed by atoms with Gasteiger partial charge in [0, 0.05) is 30.0 Å². The van der Waals surface area contributed by atoms with E-state index in [0.717, 1.165) is 29.4 Å². The summed E-state index contributed by atoms with van der Waals surface area (Å²) in [7, 11) is 0. The van der Waals surface area contributed by atoms with Gasteiger partial charge in [-0.1, -0.05) is 29.4 Å². The van der Waals surface area contributed by atoms with Gasteiger partial charge in [-0.2, -0.15) is 10.1 Å².